The van der Waals surface area contributed by atoms with E-state index < -0.39 is 0 Å². The van der Waals surface area contributed by atoms with Gasteiger partial charge in [0.1, 0.15) is 5.58 Å². The van der Waals surface area contributed by atoms with E-state index in [1.165, 1.54) is 18.1 Å². The summed E-state index contributed by atoms with van der Waals surface area (Å²) in [5, 5.41) is 5.96. The molecule has 0 saturated carbocycles. The smallest absolute Gasteiger partial charge is 0.224 e. The maximum Gasteiger partial charge on any atom is 0.224 e. The molecule has 0 aliphatic rings. The summed E-state index contributed by atoms with van der Waals surface area (Å²) in [5.41, 5.74) is 1.25. The molecule has 0 radical (unpaired) electrons. The first-order valence-electron chi connectivity index (χ1n) is 6.98. The highest BCUT2D eigenvalue weighted by Crippen LogP contribution is 2.24. The average molecular weight is 324 g/mol. The van der Waals surface area contributed by atoms with Gasteiger partial charge in [0, 0.05) is 34.6 Å². The number of hydrogen-bond donors (Lipinski definition) is 0. The molecular weight excluding hydrogens is 312 g/mol. The van der Waals surface area contributed by atoms with E-state index in [1.807, 2.05) is 36.5 Å². The van der Waals surface area contributed by atoms with Crippen LogP contribution in [0.5, 0.6) is 0 Å². The molecule has 0 unspecified atom stereocenters. The van der Waals surface area contributed by atoms with Gasteiger partial charge in [-0.2, -0.15) is 5.10 Å². The second-order valence-corrected chi connectivity index (χ2v) is 5.96. The van der Waals surface area contributed by atoms with Gasteiger partial charge in [0.2, 0.25) is 5.88 Å². The minimum atomic E-state index is -0.102. The molecule has 2 aromatic carbocycles. The summed E-state index contributed by atoms with van der Waals surface area (Å²) in [6.07, 6.45) is 1.84. The number of hydrogen-bond acceptors (Lipinski definition) is 5. The van der Waals surface area contributed by atoms with Crippen LogP contribution in [0.4, 0.5) is 0 Å². The summed E-state index contributed by atoms with van der Waals surface area (Å²) in [6.45, 7) is 0. The zero-order valence-electron chi connectivity index (χ0n) is 12.2. The summed E-state index contributed by atoms with van der Waals surface area (Å²) in [5.74, 6) is 0.387. The SMILES string of the molecule is COSc1ccc2c(=O)cc(-n3cc4ccccc4n3)oc2c1. The lowest BCUT2D eigenvalue weighted by molar-refractivity contribution is 0.489. The molecular formula is C17H12N2O3S. The normalized spacial score (nSPS) is 11.3. The molecule has 0 spiro atoms. The fraction of sp³-hybridized carbons (Fsp3) is 0.0588. The van der Waals surface area contributed by atoms with Crippen molar-refractivity contribution >= 4 is 33.9 Å². The van der Waals surface area contributed by atoms with Gasteiger partial charge in [0.15, 0.2) is 5.43 Å². The zero-order valence-corrected chi connectivity index (χ0v) is 13.0. The van der Waals surface area contributed by atoms with Crippen molar-refractivity contribution in [3.05, 3.63) is 65.0 Å². The molecule has 5 nitrogen and oxygen atoms in total. The predicted molar refractivity (Wildman–Crippen MR) is 90.0 cm³/mol. The molecule has 0 aliphatic heterocycles. The summed E-state index contributed by atoms with van der Waals surface area (Å²) in [4.78, 5) is 13.2. The molecule has 6 heteroatoms. The third kappa shape index (κ3) is 2.52. The van der Waals surface area contributed by atoms with Gasteiger partial charge >= 0.3 is 0 Å². The molecule has 2 aromatic heterocycles. The topological polar surface area (TPSA) is 57.3 Å². The summed E-state index contributed by atoms with van der Waals surface area (Å²) in [7, 11) is 1.59. The second kappa shape index (κ2) is 5.57. The van der Waals surface area contributed by atoms with Crippen LogP contribution in [-0.4, -0.2) is 16.9 Å². The molecule has 4 aromatic rings. The van der Waals surface area contributed by atoms with Gasteiger partial charge in [-0.1, -0.05) is 18.2 Å². The number of fused-ring (bicyclic) bond motifs is 2. The van der Waals surface area contributed by atoms with Gasteiger partial charge in [-0.25, -0.2) is 4.68 Å². The highest BCUT2D eigenvalue weighted by molar-refractivity contribution is 7.94. The van der Waals surface area contributed by atoms with Gasteiger partial charge in [0.25, 0.3) is 0 Å². The molecule has 0 bridgehead atoms. The Labute approximate surface area is 135 Å². The van der Waals surface area contributed by atoms with Crippen LogP contribution in [0.3, 0.4) is 0 Å². The molecule has 114 valence electrons. The van der Waals surface area contributed by atoms with Crippen molar-refractivity contribution in [3.8, 4) is 5.88 Å². The third-order valence-electron chi connectivity index (χ3n) is 3.51. The van der Waals surface area contributed by atoms with Gasteiger partial charge in [0.05, 0.1) is 18.0 Å². The van der Waals surface area contributed by atoms with Crippen LogP contribution in [0.1, 0.15) is 0 Å². The number of nitrogens with zero attached hydrogens (tertiary/aromatic N) is 2. The highest BCUT2D eigenvalue weighted by atomic mass is 32.2. The van der Waals surface area contributed by atoms with E-state index in [9.17, 15) is 4.79 Å². The highest BCUT2D eigenvalue weighted by Gasteiger charge is 2.09. The van der Waals surface area contributed by atoms with Gasteiger partial charge in [-0.15, -0.1) is 0 Å². The van der Waals surface area contributed by atoms with Crippen LogP contribution < -0.4 is 5.43 Å². The van der Waals surface area contributed by atoms with Crippen LogP contribution in [0.15, 0.2) is 68.8 Å². The van der Waals surface area contributed by atoms with Crippen molar-refractivity contribution in [2.24, 2.45) is 0 Å². The lowest BCUT2D eigenvalue weighted by atomic mass is 10.2. The summed E-state index contributed by atoms with van der Waals surface area (Å²) in [6, 6.07) is 14.6. The van der Waals surface area contributed by atoms with Crippen LogP contribution >= 0.6 is 12.0 Å². The Hall–Kier alpha value is -2.57. The fourth-order valence-corrected chi connectivity index (χ4v) is 2.93. The lowest BCUT2D eigenvalue weighted by Gasteiger charge is -2.04. The maximum absolute atomic E-state index is 12.3. The van der Waals surface area contributed by atoms with Gasteiger partial charge in [-0.05, 0) is 24.3 Å². The Morgan fingerprint density at radius 2 is 2.04 bits per heavy atom. The first-order valence-corrected chi connectivity index (χ1v) is 7.72. The molecule has 0 saturated heterocycles. The van der Waals surface area contributed by atoms with Crippen molar-refractivity contribution < 1.29 is 8.60 Å². The van der Waals surface area contributed by atoms with Gasteiger partial charge < -0.3 is 8.60 Å². The molecule has 0 aliphatic carbocycles. The Morgan fingerprint density at radius 1 is 1.17 bits per heavy atom. The number of rotatable bonds is 3. The minimum absolute atomic E-state index is 0.102. The van der Waals surface area contributed by atoms with E-state index in [0.717, 1.165) is 15.8 Å². The third-order valence-corrected chi connectivity index (χ3v) is 4.12. The average Bonchev–Trinajstić information content (AvgIpc) is 2.99. The Bertz CT molecular complexity index is 1040. The Balaban J connectivity index is 1.90. The quantitative estimate of drug-likeness (QED) is 0.537. The monoisotopic (exact) mass is 324 g/mol. The molecule has 0 amide bonds. The van der Waals surface area contributed by atoms with E-state index in [2.05, 4.69) is 5.10 Å². The van der Waals surface area contributed by atoms with Crippen molar-refractivity contribution in [1.82, 2.24) is 9.78 Å². The zero-order chi connectivity index (χ0) is 15.8. The largest absolute Gasteiger partial charge is 0.438 e. The maximum atomic E-state index is 12.3. The molecule has 4 rings (SSSR count). The number of aromatic nitrogens is 2. The van der Waals surface area contributed by atoms with Crippen molar-refractivity contribution in [1.29, 1.82) is 0 Å². The number of benzene rings is 2. The molecule has 2 heterocycles. The van der Waals surface area contributed by atoms with Crippen LogP contribution in [-0.2, 0) is 4.18 Å². The van der Waals surface area contributed by atoms with Gasteiger partial charge in [-0.3, -0.25) is 4.79 Å². The first-order chi connectivity index (χ1) is 11.2. The lowest BCUT2D eigenvalue weighted by Crippen LogP contribution is -2.04. The van der Waals surface area contributed by atoms with Crippen molar-refractivity contribution in [2.45, 2.75) is 4.90 Å². The van der Waals surface area contributed by atoms with Crippen molar-refractivity contribution in [2.75, 3.05) is 7.11 Å². The first kappa shape index (κ1) is 14.0. The standard InChI is InChI=1S/C17H12N2O3S/c1-21-23-12-6-7-13-15(20)9-17(22-16(13)8-12)19-10-11-4-2-3-5-14(11)18-19/h2-10H,1H3. The van der Waals surface area contributed by atoms with E-state index in [1.54, 1.807) is 23.9 Å². The van der Waals surface area contributed by atoms with Crippen LogP contribution in [0, 0.1) is 0 Å². The molecule has 0 atom stereocenters. The second-order valence-electron chi connectivity index (χ2n) is 4.99. The van der Waals surface area contributed by atoms with Crippen LogP contribution in [0.25, 0.3) is 27.8 Å². The molecule has 0 N–H and O–H groups in total. The van der Waals surface area contributed by atoms with E-state index in [-0.39, 0.29) is 5.43 Å². The van der Waals surface area contributed by atoms with Crippen molar-refractivity contribution in [3.63, 3.8) is 0 Å². The Kier molecular flexibility index (Phi) is 3.40. The molecule has 23 heavy (non-hydrogen) atoms. The summed E-state index contributed by atoms with van der Waals surface area (Å²) < 4.78 is 12.5. The van der Waals surface area contributed by atoms with E-state index in [0.29, 0.717) is 16.9 Å². The van der Waals surface area contributed by atoms with E-state index in [4.69, 9.17) is 8.60 Å². The predicted octanol–water partition coefficient (Wildman–Crippen LogP) is 3.79. The minimum Gasteiger partial charge on any atom is -0.438 e. The van der Waals surface area contributed by atoms with E-state index >= 15 is 0 Å². The Morgan fingerprint density at radius 3 is 2.87 bits per heavy atom. The molecule has 0 fully saturated rings. The van der Waals surface area contributed by atoms with Crippen LogP contribution in [0.2, 0.25) is 0 Å². The summed E-state index contributed by atoms with van der Waals surface area (Å²) >= 11 is 1.22. The fourth-order valence-electron chi connectivity index (χ4n) is 2.46.